The van der Waals surface area contributed by atoms with Gasteiger partial charge in [0.15, 0.2) is 0 Å². The van der Waals surface area contributed by atoms with Crippen LogP contribution in [0.4, 0.5) is 10.5 Å². The first-order valence-electron chi connectivity index (χ1n) is 12.3. The number of nitro benzene ring substituents is 1. The molecule has 3 aromatic rings. The summed E-state index contributed by atoms with van der Waals surface area (Å²) in [7, 11) is 0. The van der Waals surface area contributed by atoms with Crippen LogP contribution in [-0.2, 0) is 28.9 Å². The first-order chi connectivity index (χ1) is 17.5. The van der Waals surface area contributed by atoms with Gasteiger partial charge in [0.2, 0.25) is 0 Å². The number of rotatable bonds is 13. The van der Waals surface area contributed by atoms with Crippen molar-refractivity contribution in [3.63, 3.8) is 0 Å². The van der Waals surface area contributed by atoms with E-state index in [0.717, 1.165) is 24.0 Å². The van der Waals surface area contributed by atoms with Crippen LogP contribution in [0, 0.1) is 22.0 Å². The van der Waals surface area contributed by atoms with Gasteiger partial charge in [0.05, 0.1) is 4.92 Å². The Balaban J connectivity index is 1.70. The van der Waals surface area contributed by atoms with Crippen molar-refractivity contribution in [1.29, 1.82) is 0 Å². The van der Waals surface area contributed by atoms with E-state index in [-0.39, 0.29) is 24.1 Å². The molecule has 190 valence electrons. The molecular formula is C29H34N2O5. The zero-order valence-corrected chi connectivity index (χ0v) is 20.8. The Labute approximate surface area is 212 Å². The third-order valence-corrected chi connectivity index (χ3v) is 6.33. The number of non-ortho nitro benzene ring substituents is 1. The molecule has 3 aromatic carbocycles. The molecule has 7 nitrogen and oxygen atoms in total. The number of hydrogen-bond acceptors (Lipinski definition) is 5. The largest absolute Gasteiger partial charge is 0.445 e. The van der Waals surface area contributed by atoms with E-state index in [1.807, 2.05) is 55.5 Å². The fourth-order valence-electron chi connectivity index (χ4n) is 4.24. The predicted molar refractivity (Wildman–Crippen MR) is 139 cm³/mol. The fraction of sp³-hybridized carbons (Fsp3) is 0.345. The first kappa shape index (κ1) is 26.9. The summed E-state index contributed by atoms with van der Waals surface area (Å²) >= 11 is 0. The summed E-state index contributed by atoms with van der Waals surface area (Å²) in [5.74, 6) is 0.116. The van der Waals surface area contributed by atoms with Crippen molar-refractivity contribution < 1.29 is 19.2 Å². The van der Waals surface area contributed by atoms with Crippen LogP contribution >= 0.6 is 0 Å². The van der Waals surface area contributed by atoms with Crippen LogP contribution in [0.1, 0.15) is 37.0 Å². The van der Waals surface area contributed by atoms with E-state index in [1.54, 1.807) is 12.1 Å². The van der Waals surface area contributed by atoms with Gasteiger partial charge in [0, 0.05) is 24.7 Å². The second-order valence-electron chi connectivity index (χ2n) is 8.85. The third-order valence-electron chi connectivity index (χ3n) is 6.33. The highest BCUT2D eigenvalue weighted by atomic mass is 16.6. The molecule has 1 N–H and O–H groups in total. The minimum Gasteiger partial charge on any atom is -0.445 e. The zero-order chi connectivity index (χ0) is 25.8. The van der Waals surface area contributed by atoms with E-state index >= 15 is 0 Å². The second-order valence-corrected chi connectivity index (χ2v) is 8.85. The van der Waals surface area contributed by atoms with Crippen LogP contribution in [0.5, 0.6) is 0 Å². The molecule has 7 heteroatoms. The summed E-state index contributed by atoms with van der Waals surface area (Å²) in [5.41, 5.74) is 3.23. The molecule has 3 atom stereocenters. The van der Waals surface area contributed by atoms with Crippen molar-refractivity contribution in [2.24, 2.45) is 11.8 Å². The van der Waals surface area contributed by atoms with Crippen LogP contribution in [0.15, 0.2) is 84.9 Å². The van der Waals surface area contributed by atoms with E-state index in [0.29, 0.717) is 13.0 Å². The molecule has 0 bridgehead atoms. The number of benzene rings is 3. The normalized spacial score (nSPS) is 13.4. The Morgan fingerprint density at radius 2 is 1.53 bits per heavy atom. The van der Waals surface area contributed by atoms with Gasteiger partial charge >= 0.3 is 6.09 Å². The average Bonchev–Trinajstić information content (AvgIpc) is 2.90. The van der Waals surface area contributed by atoms with Gasteiger partial charge in [-0.1, -0.05) is 79.7 Å². The maximum atomic E-state index is 12.6. The number of nitrogens with one attached hydrogen (secondary N) is 1. The number of alkyl carbamates (subject to hydrolysis) is 1. The van der Waals surface area contributed by atoms with Gasteiger partial charge in [-0.15, -0.1) is 0 Å². The number of aryl methyl sites for hydroxylation is 1. The Morgan fingerprint density at radius 3 is 2.11 bits per heavy atom. The number of ether oxygens (including phenoxy) is 2. The van der Waals surface area contributed by atoms with Crippen molar-refractivity contribution in [3.05, 3.63) is 112 Å². The van der Waals surface area contributed by atoms with Crippen LogP contribution in [0.3, 0.4) is 0 Å². The van der Waals surface area contributed by atoms with Gasteiger partial charge in [-0.25, -0.2) is 4.79 Å². The number of amides is 1. The Bertz CT molecular complexity index is 1070. The van der Waals surface area contributed by atoms with Gasteiger partial charge in [0.25, 0.3) is 5.69 Å². The second kappa shape index (κ2) is 14.0. The summed E-state index contributed by atoms with van der Waals surface area (Å²) in [6.07, 6.45) is 1.39. The third kappa shape index (κ3) is 8.50. The van der Waals surface area contributed by atoms with Crippen molar-refractivity contribution in [3.8, 4) is 0 Å². The monoisotopic (exact) mass is 490 g/mol. The fourth-order valence-corrected chi connectivity index (χ4v) is 4.24. The lowest BCUT2D eigenvalue weighted by Crippen LogP contribution is -2.44. The van der Waals surface area contributed by atoms with Crippen LogP contribution < -0.4 is 5.32 Å². The van der Waals surface area contributed by atoms with Gasteiger partial charge in [-0.2, -0.15) is 0 Å². The molecule has 0 heterocycles. The predicted octanol–water partition coefficient (Wildman–Crippen LogP) is 6.31. The SMILES string of the molecule is CCOC(NC(=O)OCc1ccccc1)[C@H](C)[C@@H](CCc1ccccc1)Cc1ccc([N+](=O)[O-])cc1. The number of hydrogen-bond donors (Lipinski definition) is 1. The summed E-state index contributed by atoms with van der Waals surface area (Å²) in [4.78, 5) is 23.2. The lowest BCUT2D eigenvalue weighted by Gasteiger charge is -2.31. The quantitative estimate of drug-likeness (QED) is 0.172. The van der Waals surface area contributed by atoms with Crippen LogP contribution in [0.2, 0.25) is 0 Å². The first-order valence-corrected chi connectivity index (χ1v) is 12.3. The van der Waals surface area contributed by atoms with E-state index in [1.165, 1.54) is 17.7 Å². The number of carbonyl (C=O) groups excluding carboxylic acids is 1. The standard InChI is InChI=1S/C29H34N2O5/c1-3-35-28(30-29(32)36-21-25-12-8-5-9-13-25)22(2)26(17-14-23-10-6-4-7-11-23)20-24-15-18-27(19-16-24)31(33)34/h4-13,15-16,18-19,22,26,28H,3,14,17,20-21H2,1-2H3,(H,30,32)/t22-,26+,28?/m1/s1. The average molecular weight is 491 g/mol. The maximum absolute atomic E-state index is 12.6. The Kier molecular flexibility index (Phi) is 10.5. The van der Waals surface area contributed by atoms with Gasteiger partial charge < -0.3 is 9.47 Å². The lowest BCUT2D eigenvalue weighted by atomic mass is 9.82. The molecule has 0 aliphatic heterocycles. The lowest BCUT2D eigenvalue weighted by molar-refractivity contribution is -0.384. The number of carbonyl (C=O) groups is 1. The zero-order valence-electron chi connectivity index (χ0n) is 20.8. The molecular weight excluding hydrogens is 456 g/mol. The number of nitro groups is 1. The van der Waals surface area contributed by atoms with Crippen molar-refractivity contribution >= 4 is 11.8 Å². The molecule has 0 radical (unpaired) electrons. The maximum Gasteiger partial charge on any atom is 0.409 e. The molecule has 0 fully saturated rings. The highest BCUT2D eigenvalue weighted by Crippen LogP contribution is 2.27. The van der Waals surface area contributed by atoms with Gasteiger partial charge in [-0.3, -0.25) is 15.4 Å². The van der Waals surface area contributed by atoms with E-state index in [2.05, 4.69) is 24.4 Å². The summed E-state index contributed by atoms with van der Waals surface area (Å²) < 4.78 is 11.4. The topological polar surface area (TPSA) is 90.7 Å². The molecule has 1 unspecified atom stereocenters. The van der Waals surface area contributed by atoms with Gasteiger partial charge in [-0.05, 0) is 48.8 Å². The van der Waals surface area contributed by atoms with E-state index < -0.39 is 17.2 Å². The van der Waals surface area contributed by atoms with Crippen molar-refractivity contribution in [2.75, 3.05) is 6.61 Å². The molecule has 0 aliphatic rings. The summed E-state index contributed by atoms with van der Waals surface area (Å²) in [6.45, 7) is 4.59. The highest BCUT2D eigenvalue weighted by molar-refractivity contribution is 5.67. The smallest absolute Gasteiger partial charge is 0.409 e. The Morgan fingerprint density at radius 1 is 0.917 bits per heavy atom. The summed E-state index contributed by atoms with van der Waals surface area (Å²) in [6, 6.07) is 26.5. The highest BCUT2D eigenvalue weighted by Gasteiger charge is 2.28. The van der Waals surface area contributed by atoms with E-state index in [9.17, 15) is 14.9 Å². The molecule has 0 aliphatic carbocycles. The summed E-state index contributed by atoms with van der Waals surface area (Å²) in [5, 5.41) is 14.0. The Hall–Kier alpha value is -3.71. The molecule has 0 saturated carbocycles. The van der Waals surface area contributed by atoms with Crippen molar-refractivity contribution in [1.82, 2.24) is 5.32 Å². The minimum atomic E-state index is -0.530. The van der Waals surface area contributed by atoms with Crippen LogP contribution in [0.25, 0.3) is 0 Å². The molecule has 1 amide bonds. The van der Waals surface area contributed by atoms with Crippen LogP contribution in [-0.4, -0.2) is 23.9 Å². The number of nitrogens with zero attached hydrogens (tertiary/aromatic N) is 1. The van der Waals surface area contributed by atoms with E-state index in [4.69, 9.17) is 9.47 Å². The molecule has 0 saturated heterocycles. The van der Waals surface area contributed by atoms with Crippen molar-refractivity contribution in [2.45, 2.75) is 45.9 Å². The molecule has 3 rings (SSSR count). The molecule has 0 aromatic heterocycles. The molecule has 36 heavy (non-hydrogen) atoms. The molecule has 0 spiro atoms. The minimum absolute atomic E-state index is 0.0341. The van der Waals surface area contributed by atoms with Gasteiger partial charge in [0.1, 0.15) is 12.8 Å².